The number of rotatable bonds is 3. The van der Waals surface area contributed by atoms with E-state index in [2.05, 4.69) is 14.6 Å². The highest BCUT2D eigenvalue weighted by Crippen LogP contribution is 2.44. The number of para-hydroxylation sites is 1. The molecule has 1 saturated heterocycles. The first-order chi connectivity index (χ1) is 17.0. The number of carbonyl (C=O) groups excluding carboxylic acids is 1. The molecule has 5 rings (SSSR count). The molecule has 1 fully saturated rings. The zero-order valence-corrected chi connectivity index (χ0v) is 19.2. The van der Waals surface area contributed by atoms with Crippen molar-refractivity contribution < 1.29 is 32.6 Å². The number of alkyl halides is 3. The summed E-state index contributed by atoms with van der Waals surface area (Å²) in [5, 5.41) is 10.3. The van der Waals surface area contributed by atoms with E-state index in [1.54, 1.807) is 0 Å². The molecule has 2 aliphatic rings. The molecule has 0 radical (unpaired) electrons. The number of H-pyrrole nitrogens is 1. The minimum Gasteiger partial charge on any atom is -0.477 e. The van der Waals surface area contributed by atoms with Crippen molar-refractivity contribution in [2.24, 2.45) is 12.8 Å². The van der Waals surface area contributed by atoms with Gasteiger partial charge in [0.05, 0.1) is 16.9 Å². The Labute approximate surface area is 202 Å². The summed E-state index contributed by atoms with van der Waals surface area (Å²) < 4.78 is 45.6. The van der Waals surface area contributed by atoms with Gasteiger partial charge in [0.25, 0.3) is 5.56 Å². The van der Waals surface area contributed by atoms with Crippen LogP contribution in [0.5, 0.6) is 5.75 Å². The molecule has 0 bridgehead atoms. The number of aromatic nitrogens is 2. The molecule has 0 spiro atoms. The van der Waals surface area contributed by atoms with Gasteiger partial charge in [-0.15, -0.1) is 0 Å². The molecule has 0 amide bonds. The number of carbonyl (C=O) groups is 2. The van der Waals surface area contributed by atoms with Crippen LogP contribution in [0.25, 0.3) is 22.2 Å². The summed E-state index contributed by atoms with van der Waals surface area (Å²) in [4.78, 5) is 41.1. The maximum absolute atomic E-state index is 13.0. The molecule has 1 atom stereocenters. The number of nitrogens with zero attached hydrogens (tertiary/aromatic N) is 2. The number of pyridine rings is 1. The van der Waals surface area contributed by atoms with Gasteiger partial charge in [0.15, 0.2) is 11.3 Å². The number of carboxylic acids is 1. The van der Waals surface area contributed by atoms with Crippen LogP contribution in [0.15, 0.2) is 23.0 Å². The first-order valence-corrected chi connectivity index (χ1v) is 11.4. The monoisotopic (exact) mass is 504 g/mol. The lowest BCUT2D eigenvalue weighted by Gasteiger charge is -2.20. The molecule has 12 heteroatoms. The smallest absolute Gasteiger partial charge is 0.477 e. The highest BCUT2D eigenvalue weighted by Gasteiger charge is 2.43. The van der Waals surface area contributed by atoms with E-state index in [9.17, 15) is 32.7 Å². The van der Waals surface area contributed by atoms with Gasteiger partial charge in [0, 0.05) is 48.4 Å². The quantitative estimate of drug-likeness (QED) is 0.468. The van der Waals surface area contributed by atoms with Crippen LogP contribution in [0, 0.1) is 0 Å². The predicted molar refractivity (Wildman–Crippen MR) is 124 cm³/mol. The van der Waals surface area contributed by atoms with Crippen LogP contribution < -0.4 is 20.9 Å². The number of hydrogen-bond donors (Lipinski definition) is 3. The molecule has 3 aromatic rings. The fourth-order valence-corrected chi connectivity index (χ4v) is 5.34. The number of fused-ring (bicyclic) bond motifs is 5. The third kappa shape index (κ3) is 3.72. The van der Waals surface area contributed by atoms with Gasteiger partial charge in [0.2, 0.25) is 0 Å². The van der Waals surface area contributed by atoms with E-state index in [-0.39, 0.29) is 23.7 Å². The van der Waals surface area contributed by atoms with Gasteiger partial charge in [-0.3, -0.25) is 4.79 Å². The molecule has 3 heterocycles. The summed E-state index contributed by atoms with van der Waals surface area (Å²) in [7, 11) is 1.87. The predicted octanol–water partition coefficient (Wildman–Crippen LogP) is 2.73. The van der Waals surface area contributed by atoms with Crippen LogP contribution in [0.1, 0.15) is 34.5 Å². The van der Waals surface area contributed by atoms with Crippen LogP contribution in [-0.2, 0) is 24.7 Å². The number of hydrogen-bond acceptors (Lipinski definition) is 6. The molecule has 1 aromatic carbocycles. The highest BCUT2D eigenvalue weighted by molar-refractivity contribution is 6.05. The van der Waals surface area contributed by atoms with Crippen molar-refractivity contribution in [3.63, 3.8) is 0 Å². The standard InChI is InChI=1S/C24H23F3N4O5/c1-30-14-6-3-5-13-18(29-21(32)17(22(33)34)20(13)36-23(35)24(25,26)27)16(14)12-4-2-7-15(19(12)30)31-9-8-11(28)10-31/h2,4,7,11H,3,5-6,8-10,28H2,1H3,(H,29,32)(H,33,34)/t11-/m0/s1. The number of nitrogens with one attached hydrogen (secondary N) is 1. The van der Waals surface area contributed by atoms with Gasteiger partial charge in [0.1, 0.15) is 0 Å². The van der Waals surface area contributed by atoms with Crippen LogP contribution in [0.2, 0.25) is 0 Å². The number of carboxylic acid groups (broad SMARTS) is 1. The van der Waals surface area contributed by atoms with E-state index in [4.69, 9.17) is 5.73 Å². The summed E-state index contributed by atoms with van der Waals surface area (Å²) in [6.07, 6.45) is -3.50. The van der Waals surface area contributed by atoms with Crippen molar-refractivity contribution in [2.45, 2.75) is 37.9 Å². The first-order valence-electron chi connectivity index (χ1n) is 11.4. The molecular formula is C24H23F3N4O5. The number of benzene rings is 1. The van der Waals surface area contributed by atoms with Crippen LogP contribution >= 0.6 is 0 Å². The fourth-order valence-electron chi connectivity index (χ4n) is 5.34. The number of ether oxygens (including phenoxy) is 1. The van der Waals surface area contributed by atoms with E-state index >= 15 is 0 Å². The van der Waals surface area contributed by atoms with Gasteiger partial charge in [-0.2, -0.15) is 13.2 Å². The van der Waals surface area contributed by atoms with Gasteiger partial charge < -0.3 is 30.0 Å². The average molecular weight is 504 g/mol. The Morgan fingerprint density at radius 2 is 2.00 bits per heavy atom. The highest BCUT2D eigenvalue weighted by atomic mass is 19.4. The Morgan fingerprint density at radius 3 is 2.64 bits per heavy atom. The third-order valence-corrected chi connectivity index (χ3v) is 6.88. The van der Waals surface area contributed by atoms with Crippen molar-refractivity contribution in [1.82, 2.24) is 9.55 Å². The molecule has 2 aromatic heterocycles. The fraction of sp³-hybridized carbons (Fsp3) is 0.375. The zero-order valence-electron chi connectivity index (χ0n) is 19.2. The number of anilines is 1. The van der Waals surface area contributed by atoms with Crippen LogP contribution in [-0.4, -0.2) is 51.9 Å². The van der Waals surface area contributed by atoms with Gasteiger partial charge in [-0.1, -0.05) is 12.1 Å². The summed E-state index contributed by atoms with van der Waals surface area (Å²) >= 11 is 0. The summed E-state index contributed by atoms with van der Waals surface area (Å²) in [6.45, 7) is 1.44. The van der Waals surface area contributed by atoms with E-state index < -0.39 is 35.0 Å². The molecule has 36 heavy (non-hydrogen) atoms. The first kappa shape index (κ1) is 23.9. The van der Waals surface area contributed by atoms with Crippen molar-refractivity contribution in [3.05, 3.63) is 45.4 Å². The number of aryl methyl sites for hydroxylation is 1. The molecule has 1 aliphatic carbocycles. The maximum atomic E-state index is 13.0. The van der Waals surface area contributed by atoms with Gasteiger partial charge in [-0.05, 0) is 31.7 Å². The number of aromatic carboxylic acids is 1. The molecule has 0 unspecified atom stereocenters. The van der Waals surface area contributed by atoms with Crippen molar-refractivity contribution in [3.8, 4) is 17.0 Å². The van der Waals surface area contributed by atoms with Crippen LogP contribution in [0.4, 0.5) is 18.9 Å². The Balaban J connectivity index is 1.79. The molecule has 190 valence electrons. The second-order valence-corrected chi connectivity index (χ2v) is 9.11. The SMILES string of the molecule is Cn1c2c(c3cccc(N4CC[C@H](N)C4)c31)-c1[nH]c(=O)c(C(=O)O)c(OC(=O)C(F)(F)F)c1CCC2. The Kier molecular flexibility index (Phi) is 5.58. The molecule has 4 N–H and O–H groups in total. The zero-order chi connectivity index (χ0) is 25.9. The van der Waals surface area contributed by atoms with E-state index in [0.29, 0.717) is 24.9 Å². The average Bonchev–Trinajstić information content (AvgIpc) is 3.28. The number of esters is 1. The van der Waals surface area contributed by atoms with Crippen molar-refractivity contribution >= 4 is 28.5 Å². The van der Waals surface area contributed by atoms with Crippen molar-refractivity contribution in [2.75, 3.05) is 18.0 Å². The molecule has 0 saturated carbocycles. The third-order valence-electron chi connectivity index (χ3n) is 6.88. The Hall–Kier alpha value is -3.80. The molecule has 1 aliphatic heterocycles. The minimum absolute atomic E-state index is 0.0377. The minimum atomic E-state index is -5.37. The lowest BCUT2D eigenvalue weighted by molar-refractivity contribution is -0.189. The second-order valence-electron chi connectivity index (χ2n) is 9.11. The lowest BCUT2D eigenvalue weighted by atomic mass is 9.99. The van der Waals surface area contributed by atoms with E-state index in [1.165, 1.54) is 0 Å². The lowest BCUT2D eigenvalue weighted by Crippen LogP contribution is -2.31. The largest absolute Gasteiger partial charge is 0.491 e. The van der Waals surface area contributed by atoms with Gasteiger partial charge in [-0.25, -0.2) is 9.59 Å². The Bertz CT molecular complexity index is 1470. The maximum Gasteiger partial charge on any atom is 0.491 e. The summed E-state index contributed by atoms with van der Waals surface area (Å²) in [6, 6.07) is 5.69. The summed E-state index contributed by atoms with van der Waals surface area (Å²) in [5.41, 5.74) is 7.31. The van der Waals surface area contributed by atoms with Gasteiger partial charge >= 0.3 is 18.1 Å². The van der Waals surface area contributed by atoms with Crippen LogP contribution in [0.3, 0.4) is 0 Å². The van der Waals surface area contributed by atoms with E-state index in [1.807, 2.05) is 29.8 Å². The molecule has 9 nitrogen and oxygen atoms in total. The second kappa shape index (κ2) is 8.40. The van der Waals surface area contributed by atoms with Crippen molar-refractivity contribution in [1.29, 1.82) is 0 Å². The summed E-state index contributed by atoms with van der Waals surface area (Å²) in [5.74, 6) is -5.25. The number of aromatic amines is 1. The number of halogens is 3. The molecular weight excluding hydrogens is 481 g/mol. The van der Waals surface area contributed by atoms with E-state index in [0.717, 1.165) is 35.2 Å². The Morgan fingerprint density at radius 1 is 1.25 bits per heavy atom. The number of nitrogens with two attached hydrogens (primary N) is 1. The topological polar surface area (TPSA) is 131 Å². The normalized spacial score (nSPS) is 17.6.